The molecular weight excluding hydrogens is 272 g/mol. The molecule has 0 atom stereocenters. The smallest absolute Gasteiger partial charge is 0.248 e. The minimum atomic E-state index is -0.168. The van der Waals surface area contributed by atoms with Crippen molar-refractivity contribution in [2.75, 3.05) is 5.32 Å². The standard InChI is InChI=1S/C19H16N2O/c1-14-7-9-15(10-8-14)11-12-18(22)21-17-6-2-4-16-5-3-13-20-19(16)17/h2-13H,1H3,(H,21,22). The molecule has 1 heterocycles. The summed E-state index contributed by atoms with van der Waals surface area (Å²) in [7, 11) is 0. The zero-order valence-corrected chi connectivity index (χ0v) is 12.3. The third-order valence-corrected chi connectivity index (χ3v) is 3.40. The van der Waals surface area contributed by atoms with Crippen molar-refractivity contribution < 1.29 is 4.79 Å². The van der Waals surface area contributed by atoms with Gasteiger partial charge in [0.25, 0.3) is 0 Å². The van der Waals surface area contributed by atoms with E-state index in [1.165, 1.54) is 11.6 Å². The summed E-state index contributed by atoms with van der Waals surface area (Å²) in [5.74, 6) is -0.168. The van der Waals surface area contributed by atoms with Gasteiger partial charge in [0.1, 0.15) is 0 Å². The Bertz CT molecular complexity index is 830. The van der Waals surface area contributed by atoms with E-state index in [0.717, 1.165) is 22.2 Å². The number of pyridine rings is 1. The third kappa shape index (κ3) is 3.20. The van der Waals surface area contributed by atoms with Crippen LogP contribution in [0.1, 0.15) is 11.1 Å². The van der Waals surface area contributed by atoms with Gasteiger partial charge in [-0.3, -0.25) is 9.78 Å². The van der Waals surface area contributed by atoms with Crippen molar-refractivity contribution in [3.63, 3.8) is 0 Å². The Morgan fingerprint density at radius 2 is 1.82 bits per heavy atom. The molecule has 0 saturated heterocycles. The number of nitrogens with zero attached hydrogens (tertiary/aromatic N) is 1. The first-order valence-corrected chi connectivity index (χ1v) is 7.12. The first kappa shape index (κ1) is 14.0. The molecule has 1 aromatic heterocycles. The Labute approximate surface area is 129 Å². The molecule has 1 N–H and O–H groups in total. The van der Waals surface area contributed by atoms with Crippen molar-refractivity contribution in [1.29, 1.82) is 0 Å². The molecule has 0 aliphatic heterocycles. The van der Waals surface area contributed by atoms with Crippen molar-refractivity contribution in [3.05, 3.63) is 78.0 Å². The topological polar surface area (TPSA) is 42.0 Å². The number of hydrogen-bond donors (Lipinski definition) is 1. The number of fused-ring (bicyclic) bond motifs is 1. The van der Waals surface area contributed by atoms with Crippen molar-refractivity contribution in [1.82, 2.24) is 4.98 Å². The lowest BCUT2D eigenvalue weighted by atomic mass is 10.1. The largest absolute Gasteiger partial charge is 0.321 e. The lowest BCUT2D eigenvalue weighted by Gasteiger charge is -2.05. The minimum absolute atomic E-state index is 0.168. The number of hydrogen-bond acceptors (Lipinski definition) is 2. The minimum Gasteiger partial charge on any atom is -0.321 e. The van der Waals surface area contributed by atoms with E-state index in [0.29, 0.717) is 0 Å². The molecule has 0 bridgehead atoms. The van der Waals surface area contributed by atoms with Crippen LogP contribution in [0.2, 0.25) is 0 Å². The Kier molecular flexibility index (Phi) is 3.97. The van der Waals surface area contributed by atoms with Gasteiger partial charge in [-0.05, 0) is 30.7 Å². The second kappa shape index (κ2) is 6.22. The van der Waals surface area contributed by atoms with Gasteiger partial charge in [-0.1, -0.05) is 48.0 Å². The van der Waals surface area contributed by atoms with Gasteiger partial charge in [0.15, 0.2) is 0 Å². The van der Waals surface area contributed by atoms with Crippen molar-refractivity contribution in [2.24, 2.45) is 0 Å². The summed E-state index contributed by atoms with van der Waals surface area (Å²) < 4.78 is 0. The Morgan fingerprint density at radius 3 is 2.64 bits per heavy atom. The van der Waals surface area contributed by atoms with Crippen LogP contribution >= 0.6 is 0 Å². The van der Waals surface area contributed by atoms with Gasteiger partial charge in [0.2, 0.25) is 5.91 Å². The fourth-order valence-electron chi connectivity index (χ4n) is 2.23. The number of aryl methyl sites for hydroxylation is 1. The van der Waals surface area contributed by atoms with Gasteiger partial charge in [-0.2, -0.15) is 0 Å². The highest BCUT2D eigenvalue weighted by Crippen LogP contribution is 2.20. The van der Waals surface area contributed by atoms with Crippen molar-refractivity contribution >= 4 is 28.6 Å². The van der Waals surface area contributed by atoms with E-state index >= 15 is 0 Å². The van der Waals surface area contributed by atoms with Gasteiger partial charge >= 0.3 is 0 Å². The fraction of sp³-hybridized carbons (Fsp3) is 0.0526. The monoisotopic (exact) mass is 288 g/mol. The molecule has 2 aromatic carbocycles. The maximum atomic E-state index is 12.1. The summed E-state index contributed by atoms with van der Waals surface area (Å²) in [5, 5.41) is 3.88. The van der Waals surface area contributed by atoms with E-state index in [1.54, 1.807) is 12.3 Å². The molecular formula is C19H16N2O. The molecule has 0 aliphatic rings. The van der Waals surface area contributed by atoms with Gasteiger partial charge in [0, 0.05) is 17.7 Å². The molecule has 22 heavy (non-hydrogen) atoms. The number of carbonyl (C=O) groups excluding carboxylic acids is 1. The Morgan fingerprint density at radius 1 is 1.05 bits per heavy atom. The molecule has 3 rings (SSSR count). The van der Waals surface area contributed by atoms with Gasteiger partial charge in [-0.15, -0.1) is 0 Å². The van der Waals surface area contributed by atoms with E-state index in [2.05, 4.69) is 10.3 Å². The van der Waals surface area contributed by atoms with Crippen molar-refractivity contribution in [2.45, 2.75) is 6.92 Å². The summed E-state index contributed by atoms with van der Waals surface area (Å²) in [5.41, 5.74) is 3.71. The molecule has 3 heteroatoms. The predicted molar refractivity (Wildman–Crippen MR) is 90.6 cm³/mol. The van der Waals surface area contributed by atoms with E-state index < -0.39 is 0 Å². The number of para-hydroxylation sites is 1. The molecule has 108 valence electrons. The van der Waals surface area contributed by atoms with Crippen LogP contribution in [0.25, 0.3) is 17.0 Å². The van der Waals surface area contributed by atoms with E-state index in [-0.39, 0.29) is 5.91 Å². The molecule has 0 aliphatic carbocycles. The first-order valence-electron chi connectivity index (χ1n) is 7.12. The van der Waals surface area contributed by atoms with Crippen LogP contribution in [0, 0.1) is 6.92 Å². The van der Waals surface area contributed by atoms with Crippen LogP contribution in [-0.4, -0.2) is 10.9 Å². The SMILES string of the molecule is Cc1ccc(C=CC(=O)Nc2cccc3cccnc23)cc1. The molecule has 0 radical (unpaired) electrons. The maximum absolute atomic E-state index is 12.1. The quantitative estimate of drug-likeness (QED) is 0.734. The fourth-order valence-corrected chi connectivity index (χ4v) is 2.23. The maximum Gasteiger partial charge on any atom is 0.248 e. The van der Waals surface area contributed by atoms with E-state index in [4.69, 9.17) is 0 Å². The molecule has 3 aromatic rings. The second-order valence-corrected chi connectivity index (χ2v) is 5.11. The number of anilines is 1. The third-order valence-electron chi connectivity index (χ3n) is 3.40. The molecule has 0 unspecified atom stereocenters. The summed E-state index contributed by atoms with van der Waals surface area (Å²) >= 11 is 0. The molecule has 0 saturated carbocycles. The lowest BCUT2D eigenvalue weighted by molar-refractivity contribution is -0.111. The van der Waals surface area contributed by atoms with Gasteiger partial charge in [0.05, 0.1) is 11.2 Å². The molecule has 0 spiro atoms. The summed E-state index contributed by atoms with van der Waals surface area (Å²) in [6, 6.07) is 17.6. The van der Waals surface area contributed by atoms with Crippen LogP contribution in [0.3, 0.4) is 0 Å². The van der Waals surface area contributed by atoms with E-state index in [1.807, 2.05) is 61.5 Å². The highest BCUT2D eigenvalue weighted by Gasteiger charge is 2.03. The number of amides is 1. The van der Waals surface area contributed by atoms with E-state index in [9.17, 15) is 4.79 Å². The summed E-state index contributed by atoms with van der Waals surface area (Å²) in [6.07, 6.45) is 5.06. The number of carbonyl (C=O) groups is 1. The average Bonchev–Trinajstić information content (AvgIpc) is 2.55. The van der Waals surface area contributed by atoms with Crippen LogP contribution in [-0.2, 0) is 4.79 Å². The number of benzene rings is 2. The zero-order valence-electron chi connectivity index (χ0n) is 12.3. The molecule has 3 nitrogen and oxygen atoms in total. The van der Waals surface area contributed by atoms with Crippen molar-refractivity contribution in [3.8, 4) is 0 Å². The highest BCUT2D eigenvalue weighted by atomic mass is 16.1. The summed E-state index contributed by atoms with van der Waals surface area (Å²) in [4.78, 5) is 16.4. The first-order chi connectivity index (χ1) is 10.7. The number of rotatable bonds is 3. The normalized spacial score (nSPS) is 11.0. The predicted octanol–water partition coefficient (Wildman–Crippen LogP) is 4.20. The van der Waals surface area contributed by atoms with Crippen LogP contribution in [0.15, 0.2) is 66.9 Å². The zero-order chi connectivity index (χ0) is 15.4. The number of nitrogens with one attached hydrogen (secondary N) is 1. The molecule has 1 amide bonds. The number of aromatic nitrogens is 1. The molecule has 0 fully saturated rings. The van der Waals surface area contributed by atoms with Crippen LogP contribution in [0.4, 0.5) is 5.69 Å². The highest BCUT2D eigenvalue weighted by molar-refractivity contribution is 6.06. The van der Waals surface area contributed by atoms with Gasteiger partial charge in [-0.25, -0.2) is 0 Å². The second-order valence-electron chi connectivity index (χ2n) is 5.11. The summed E-state index contributed by atoms with van der Waals surface area (Å²) in [6.45, 7) is 2.04. The van der Waals surface area contributed by atoms with Gasteiger partial charge < -0.3 is 5.32 Å². The van der Waals surface area contributed by atoms with Crippen LogP contribution in [0.5, 0.6) is 0 Å². The average molecular weight is 288 g/mol. The Balaban J connectivity index is 1.77. The Hall–Kier alpha value is -2.94. The van der Waals surface area contributed by atoms with Crippen LogP contribution < -0.4 is 5.32 Å². The lowest BCUT2D eigenvalue weighted by Crippen LogP contribution is -2.08.